The van der Waals surface area contributed by atoms with E-state index in [4.69, 9.17) is 4.74 Å². The smallest absolute Gasteiger partial charge is 0.165 e. The number of hydrogen-bond acceptors (Lipinski definition) is 2. The predicted molar refractivity (Wildman–Crippen MR) is 71.3 cm³/mol. The van der Waals surface area contributed by atoms with Crippen LogP contribution in [0.5, 0.6) is 5.75 Å². The van der Waals surface area contributed by atoms with E-state index in [1.54, 1.807) is 12.1 Å². The molecule has 1 fully saturated rings. The summed E-state index contributed by atoms with van der Waals surface area (Å²) in [4.78, 5) is 0. The van der Waals surface area contributed by atoms with E-state index >= 15 is 0 Å². The molecular weight excluding hydrogens is 229 g/mol. The topological polar surface area (TPSA) is 21.3 Å². The summed E-state index contributed by atoms with van der Waals surface area (Å²) in [6.07, 6.45) is 3.33. The fourth-order valence-electron chi connectivity index (χ4n) is 1.66. The van der Waals surface area contributed by atoms with Gasteiger partial charge in [0.1, 0.15) is 5.60 Å². The summed E-state index contributed by atoms with van der Waals surface area (Å²) in [5.41, 5.74) is 0.648. The van der Waals surface area contributed by atoms with Crippen LogP contribution in [-0.2, 0) is 6.54 Å². The summed E-state index contributed by atoms with van der Waals surface area (Å²) < 4.78 is 19.6. The maximum Gasteiger partial charge on any atom is 0.165 e. The standard InChI is InChI=1S/C15H22FNO/c1-4-15(2,3)18-14-8-5-11(9-13(14)16)10-17-12-6-7-12/h5,8-9,12,17H,4,6-7,10H2,1-3H3. The molecule has 0 bridgehead atoms. The predicted octanol–water partition coefficient (Wildman–Crippen LogP) is 3.65. The third kappa shape index (κ3) is 3.70. The van der Waals surface area contributed by atoms with Crippen molar-refractivity contribution in [2.45, 2.75) is 58.2 Å². The van der Waals surface area contributed by atoms with E-state index in [1.165, 1.54) is 12.8 Å². The van der Waals surface area contributed by atoms with Gasteiger partial charge in [-0.25, -0.2) is 4.39 Å². The van der Waals surface area contributed by atoms with E-state index in [2.05, 4.69) is 5.32 Å². The first-order valence-corrected chi connectivity index (χ1v) is 6.71. The van der Waals surface area contributed by atoms with Crippen LogP contribution in [0.2, 0.25) is 0 Å². The molecule has 2 nitrogen and oxygen atoms in total. The summed E-state index contributed by atoms with van der Waals surface area (Å²) >= 11 is 0. The minimum absolute atomic E-state index is 0.272. The van der Waals surface area contributed by atoms with Crippen molar-refractivity contribution in [1.29, 1.82) is 0 Å². The van der Waals surface area contributed by atoms with Crippen LogP contribution in [0.1, 0.15) is 45.6 Å². The van der Waals surface area contributed by atoms with Crippen molar-refractivity contribution < 1.29 is 9.13 Å². The molecule has 0 amide bonds. The maximum absolute atomic E-state index is 13.9. The van der Waals surface area contributed by atoms with Crippen molar-refractivity contribution in [1.82, 2.24) is 5.32 Å². The molecule has 0 radical (unpaired) electrons. The highest BCUT2D eigenvalue weighted by atomic mass is 19.1. The second kappa shape index (κ2) is 5.27. The average Bonchev–Trinajstić information content (AvgIpc) is 3.13. The van der Waals surface area contributed by atoms with Gasteiger partial charge in [-0.15, -0.1) is 0 Å². The molecule has 0 unspecified atom stereocenters. The molecule has 1 aliphatic rings. The molecule has 18 heavy (non-hydrogen) atoms. The Balaban J connectivity index is 1.99. The molecule has 0 aromatic heterocycles. The highest BCUT2D eigenvalue weighted by Crippen LogP contribution is 2.25. The minimum Gasteiger partial charge on any atom is -0.485 e. The van der Waals surface area contributed by atoms with Crippen molar-refractivity contribution in [3.8, 4) is 5.75 Å². The van der Waals surface area contributed by atoms with E-state index in [9.17, 15) is 4.39 Å². The van der Waals surface area contributed by atoms with Gasteiger partial charge in [0.05, 0.1) is 0 Å². The molecule has 1 aliphatic carbocycles. The van der Waals surface area contributed by atoms with Crippen LogP contribution in [0.4, 0.5) is 4.39 Å². The van der Waals surface area contributed by atoms with Crippen LogP contribution in [0.15, 0.2) is 18.2 Å². The van der Waals surface area contributed by atoms with Crippen LogP contribution < -0.4 is 10.1 Å². The number of nitrogens with one attached hydrogen (secondary N) is 1. The first-order valence-electron chi connectivity index (χ1n) is 6.71. The van der Waals surface area contributed by atoms with Crippen molar-refractivity contribution >= 4 is 0 Å². The quantitative estimate of drug-likeness (QED) is 0.833. The van der Waals surface area contributed by atoms with Crippen LogP contribution in [-0.4, -0.2) is 11.6 Å². The van der Waals surface area contributed by atoms with Crippen LogP contribution in [0, 0.1) is 5.82 Å². The van der Waals surface area contributed by atoms with Crippen molar-refractivity contribution in [2.75, 3.05) is 0 Å². The molecule has 0 saturated heterocycles. The molecule has 3 heteroatoms. The molecule has 2 rings (SSSR count). The van der Waals surface area contributed by atoms with E-state index in [0.717, 1.165) is 18.5 Å². The first-order chi connectivity index (χ1) is 8.50. The second-order valence-corrected chi connectivity index (χ2v) is 5.64. The fourth-order valence-corrected chi connectivity index (χ4v) is 1.66. The molecule has 0 atom stereocenters. The van der Waals surface area contributed by atoms with E-state index in [-0.39, 0.29) is 11.4 Å². The van der Waals surface area contributed by atoms with Gasteiger partial charge < -0.3 is 10.1 Å². The van der Waals surface area contributed by atoms with Crippen LogP contribution in [0.25, 0.3) is 0 Å². The Morgan fingerprint density at radius 3 is 2.67 bits per heavy atom. The molecule has 1 saturated carbocycles. The lowest BCUT2D eigenvalue weighted by atomic mass is 10.1. The summed E-state index contributed by atoms with van der Waals surface area (Å²) in [5, 5.41) is 3.37. The van der Waals surface area contributed by atoms with E-state index in [0.29, 0.717) is 11.8 Å². The highest BCUT2D eigenvalue weighted by molar-refractivity contribution is 5.30. The normalized spacial score (nSPS) is 15.8. The Kier molecular flexibility index (Phi) is 3.91. The molecule has 1 aromatic carbocycles. The average molecular weight is 251 g/mol. The minimum atomic E-state index is -0.325. The zero-order chi connectivity index (χ0) is 13.2. The Bertz CT molecular complexity index is 413. The SMILES string of the molecule is CCC(C)(C)Oc1ccc(CNC2CC2)cc1F. The van der Waals surface area contributed by atoms with Crippen molar-refractivity contribution in [3.05, 3.63) is 29.6 Å². The number of rotatable bonds is 6. The lowest BCUT2D eigenvalue weighted by Crippen LogP contribution is -2.27. The summed E-state index contributed by atoms with van der Waals surface area (Å²) in [7, 11) is 0. The number of ether oxygens (including phenoxy) is 1. The Morgan fingerprint density at radius 1 is 1.39 bits per heavy atom. The molecule has 1 aromatic rings. The Hall–Kier alpha value is -1.09. The van der Waals surface area contributed by atoms with Gasteiger partial charge in [0.25, 0.3) is 0 Å². The molecule has 0 spiro atoms. The lowest BCUT2D eigenvalue weighted by molar-refractivity contribution is 0.0994. The monoisotopic (exact) mass is 251 g/mol. The Morgan fingerprint density at radius 2 is 2.11 bits per heavy atom. The van der Waals surface area contributed by atoms with Gasteiger partial charge in [-0.05, 0) is 50.8 Å². The third-order valence-electron chi connectivity index (χ3n) is 3.41. The van der Waals surface area contributed by atoms with Gasteiger partial charge in [-0.2, -0.15) is 0 Å². The second-order valence-electron chi connectivity index (χ2n) is 5.64. The number of halogens is 1. The van der Waals surface area contributed by atoms with Crippen molar-refractivity contribution in [2.24, 2.45) is 0 Å². The lowest BCUT2D eigenvalue weighted by Gasteiger charge is -2.25. The summed E-state index contributed by atoms with van der Waals surface area (Å²) in [5.74, 6) is 0.0728. The fraction of sp³-hybridized carbons (Fsp3) is 0.600. The molecule has 100 valence electrons. The van der Waals surface area contributed by atoms with E-state index < -0.39 is 0 Å². The maximum atomic E-state index is 13.9. The van der Waals surface area contributed by atoms with E-state index in [1.807, 2.05) is 26.8 Å². The highest BCUT2D eigenvalue weighted by Gasteiger charge is 2.21. The number of benzene rings is 1. The molecule has 0 heterocycles. The largest absolute Gasteiger partial charge is 0.485 e. The van der Waals surface area contributed by atoms with Gasteiger partial charge in [0.15, 0.2) is 11.6 Å². The first kappa shape index (κ1) is 13.3. The number of hydrogen-bond donors (Lipinski definition) is 1. The van der Waals surface area contributed by atoms with Gasteiger partial charge in [-0.3, -0.25) is 0 Å². The summed E-state index contributed by atoms with van der Waals surface area (Å²) in [6, 6.07) is 5.87. The van der Waals surface area contributed by atoms with Gasteiger partial charge >= 0.3 is 0 Å². The van der Waals surface area contributed by atoms with Crippen LogP contribution in [0.3, 0.4) is 0 Å². The molecular formula is C15H22FNO. The zero-order valence-corrected chi connectivity index (χ0v) is 11.4. The van der Waals surface area contributed by atoms with Crippen molar-refractivity contribution in [3.63, 3.8) is 0 Å². The molecule has 0 aliphatic heterocycles. The molecule has 1 N–H and O–H groups in total. The summed E-state index contributed by atoms with van der Waals surface area (Å²) in [6.45, 7) is 6.70. The van der Waals surface area contributed by atoms with Gasteiger partial charge in [0, 0.05) is 12.6 Å². The Labute approximate surface area is 109 Å². The third-order valence-corrected chi connectivity index (χ3v) is 3.41. The van der Waals surface area contributed by atoms with Gasteiger partial charge in [0.2, 0.25) is 0 Å². The zero-order valence-electron chi connectivity index (χ0n) is 11.4. The van der Waals surface area contributed by atoms with Gasteiger partial charge in [-0.1, -0.05) is 13.0 Å². The van der Waals surface area contributed by atoms with Crippen LogP contribution >= 0.6 is 0 Å².